The van der Waals surface area contributed by atoms with Gasteiger partial charge in [0.2, 0.25) is 11.8 Å². The molecular formula is C45H44N4O8. The summed E-state index contributed by atoms with van der Waals surface area (Å²) in [6.07, 6.45) is 4.42. The zero-order valence-corrected chi connectivity index (χ0v) is 31.6. The fourth-order valence-corrected chi connectivity index (χ4v) is 12.0. The summed E-state index contributed by atoms with van der Waals surface area (Å²) in [6.45, 7) is 1.18. The molecule has 12 nitrogen and oxygen atoms in total. The molecular weight excluding hydrogens is 725 g/mol. The third-order valence-electron chi connectivity index (χ3n) is 13.9. The molecule has 5 N–H and O–H groups in total. The maximum atomic E-state index is 15.6. The number of amides is 2. The van der Waals surface area contributed by atoms with Crippen LogP contribution >= 0.6 is 0 Å². The van der Waals surface area contributed by atoms with Crippen LogP contribution in [-0.2, 0) is 25.5 Å². The van der Waals surface area contributed by atoms with Crippen molar-refractivity contribution in [1.29, 1.82) is 0 Å². The van der Waals surface area contributed by atoms with Gasteiger partial charge in [-0.15, -0.1) is 0 Å². The Bertz CT molecular complexity index is 2400. The van der Waals surface area contributed by atoms with Crippen LogP contribution in [0.1, 0.15) is 59.8 Å². The van der Waals surface area contributed by atoms with E-state index in [-0.39, 0.29) is 52.7 Å². The number of para-hydroxylation sites is 2. The van der Waals surface area contributed by atoms with Crippen molar-refractivity contribution in [2.45, 2.75) is 60.7 Å². The number of ketones is 1. The number of phenolic OH excluding ortho intramolecular Hbond substituents is 2. The first-order chi connectivity index (χ1) is 27.7. The summed E-state index contributed by atoms with van der Waals surface area (Å²) in [5.74, 6) is -3.78. The standard InChI is InChI=1S/C45H44N4O8/c1-56-36-21-24(15-17-32(36)50)38-30-13-7-19-48(30)44(26-9-3-5-11-28(26)46-42(44)54)40(38)34(52)23-35(53)41-39(25-16-18-33(51)37(22-25)57-2)31-14-8-20-49(31)45(41)27-10-4-6-12-29(27)47-43(45)55/h3-6,9-12,15-18,21-23,30-31,38-41,50-52H,7-8,13-14,19-20H2,1-2H3,(H,46,54)(H,47,55)/b34-23-/t30-,31-,38-,39-,40+,41+,44+,45+/m1/s1. The lowest BCUT2D eigenvalue weighted by Crippen LogP contribution is -2.53. The number of anilines is 2. The average molecular weight is 769 g/mol. The average Bonchev–Trinajstić information content (AvgIpc) is 4.05. The van der Waals surface area contributed by atoms with Gasteiger partial charge in [0.1, 0.15) is 16.8 Å². The SMILES string of the molecule is COc1cc([C@@H]2[C@H]3CCCN3[C@]3(C(=O)Nc4ccccc43)[C@H]2C(=O)/C=C(\O)[C@H]2[C@H](c3ccc(O)c(OC)c3)[C@H]3CCCN3[C@]23C(=O)Nc2ccccc23)ccc1O. The first-order valence-corrected chi connectivity index (χ1v) is 19.7. The number of carbonyl (C=O) groups is 3. The number of hydrogen-bond acceptors (Lipinski definition) is 10. The van der Waals surface area contributed by atoms with Crippen LogP contribution in [0.2, 0.25) is 0 Å². The van der Waals surface area contributed by atoms with E-state index < -0.39 is 40.5 Å². The number of carbonyl (C=O) groups excluding carboxylic acids is 3. The Kier molecular flexibility index (Phi) is 8.01. The van der Waals surface area contributed by atoms with Gasteiger partial charge < -0.3 is 35.4 Å². The van der Waals surface area contributed by atoms with Crippen LogP contribution in [0.3, 0.4) is 0 Å². The highest BCUT2D eigenvalue weighted by Gasteiger charge is 2.71. The summed E-state index contributed by atoms with van der Waals surface area (Å²) >= 11 is 0. The van der Waals surface area contributed by atoms with Crippen LogP contribution in [0.5, 0.6) is 23.0 Å². The van der Waals surface area contributed by atoms with Crippen molar-refractivity contribution in [3.63, 3.8) is 0 Å². The molecule has 10 rings (SSSR count). The van der Waals surface area contributed by atoms with Gasteiger partial charge in [-0.05, 0) is 86.3 Å². The van der Waals surface area contributed by atoms with Crippen LogP contribution in [0.25, 0.3) is 0 Å². The smallest absolute Gasteiger partial charge is 0.250 e. The van der Waals surface area contributed by atoms with Gasteiger partial charge in [-0.1, -0.05) is 48.5 Å². The molecule has 57 heavy (non-hydrogen) atoms. The molecule has 12 heteroatoms. The first-order valence-electron chi connectivity index (χ1n) is 19.7. The second-order valence-corrected chi connectivity index (χ2v) is 16.2. The maximum Gasteiger partial charge on any atom is 0.250 e. The van der Waals surface area contributed by atoms with Crippen LogP contribution in [0, 0.1) is 11.8 Å². The lowest BCUT2D eigenvalue weighted by molar-refractivity contribution is -0.134. The van der Waals surface area contributed by atoms with Crippen LogP contribution in [0.15, 0.2) is 96.8 Å². The normalized spacial score (nSPS) is 31.3. The summed E-state index contributed by atoms with van der Waals surface area (Å²) in [5, 5.41) is 40.3. The number of hydrogen-bond donors (Lipinski definition) is 5. The zero-order chi connectivity index (χ0) is 39.4. The highest BCUT2D eigenvalue weighted by Crippen LogP contribution is 2.64. The third-order valence-corrected chi connectivity index (χ3v) is 13.9. The summed E-state index contributed by atoms with van der Waals surface area (Å²) < 4.78 is 11.1. The number of aromatic hydroxyl groups is 2. The van der Waals surface area contributed by atoms with E-state index in [1.165, 1.54) is 20.3 Å². The second-order valence-electron chi connectivity index (χ2n) is 16.2. The van der Waals surface area contributed by atoms with Gasteiger partial charge in [0.05, 0.1) is 26.1 Å². The molecule has 4 saturated heterocycles. The number of fused-ring (bicyclic) bond motifs is 8. The lowest BCUT2D eigenvalue weighted by Gasteiger charge is -2.38. The maximum absolute atomic E-state index is 15.6. The van der Waals surface area contributed by atoms with Crippen molar-refractivity contribution in [2.24, 2.45) is 11.8 Å². The lowest BCUT2D eigenvalue weighted by atomic mass is 9.68. The molecule has 2 spiro atoms. The van der Waals surface area contributed by atoms with Gasteiger partial charge >= 0.3 is 0 Å². The number of aliphatic hydroxyl groups excluding tert-OH is 1. The van der Waals surface area contributed by atoms with E-state index in [0.29, 0.717) is 30.0 Å². The number of benzene rings is 4. The van der Waals surface area contributed by atoms with Gasteiger partial charge in [-0.25, -0.2) is 0 Å². The van der Waals surface area contributed by atoms with Gasteiger partial charge in [-0.2, -0.15) is 0 Å². The van der Waals surface area contributed by atoms with Crippen LogP contribution in [0.4, 0.5) is 11.4 Å². The predicted octanol–water partition coefficient (Wildman–Crippen LogP) is 5.88. The monoisotopic (exact) mass is 768 g/mol. The molecule has 0 unspecified atom stereocenters. The number of allylic oxidation sites excluding steroid dienone is 1. The number of aliphatic hydroxyl groups is 1. The van der Waals surface area contributed by atoms with Crippen molar-refractivity contribution in [3.05, 3.63) is 119 Å². The Morgan fingerprint density at radius 1 is 0.702 bits per heavy atom. The van der Waals surface area contributed by atoms with E-state index in [2.05, 4.69) is 20.4 Å². The Morgan fingerprint density at radius 3 is 1.65 bits per heavy atom. The number of ether oxygens (including phenoxy) is 2. The van der Waals surface area contributed by atoms with Gasteiger partial charge in [0, 0.05) is 52.5 Å². The van der Waals surface area contributed by atoms with Gasteiger partial charge in [0.25, 0.3) is 0 Å². The molecule has 292 valence electrons. The summed E-state index contributed by atoms with van der Waals surface area (Å²) in [7, 11) is 2.95. The van der Waals surface area contributed by atoms with Crippen LogP contribution < -0.4 is 20.1 Å². The molecule has 0 saturated carbocycles. The van der Waals surface area contributed by atoms with Crippen LogP contribution in [-0.4, -0.2) is 82.1 Å². The number of nitrogens with zero attached hydrogens (tertiary/aromatic N) is 2. The van der Waals surface area contributed by atoms with Crippen molar-refractivity contribution >= 4 is 29.0 Å². The molecule has 6 aliphatic heterocycles. The minimum absolute atomic E-state index is 0.0354. The highest BCUT2D eigenvalue weighted by molar-refractivity contribution is 6.11. The first kappa shape index (κ1) is 35.6. The number of phenols is 2. The topological polar surface area (TPSA) is 161 Å². The summed E-state index contributed by atoms with van der Waals surface area (Å²) in [6, 6.07) is 24.8. The van der Waals surface area contributed by atoms with E-state index in [1.54, 1.807) is 36.4 Å². The molecule has 0 radical (unpaired) electrons. The fourth-order valence-electron chi connectivity index (χ4n) is 12.0. The molecule has 6 heterocycles. The molecule has 4 aromatic carbocycles. The molecule has 0 aromatic heterocycles. The van der Waals surface area contributed by atoms with E-state index in [1.807, 2.05) is 48.5 Å². The third kappa shape index (κ3) is 4.65. The predicted molar refractivity (Wildman–Crippen MR) is 210 cm³/mol. The van der Waals surface area contributed by atoms with E-state index in [4.69, 9.17) is 9.47 Å². The quantitative estimate of drug-likeness (QED) is 0.114. The van der Waals surface area contributed by atoms with Crippen molar-refractivity contribution in [2.75, 3.05) is 37.9 Å². The largest absolute Gasteiger partial charge is 0.512 e. The molecule has 6 aliphatic rings. The zero-order valence-electron chi connectivity index (χ0n) is 31.6. The molecule has 0 bridgehead atoms. The van der Waals surface area contributed by atoms with Gasteiger partial charge in [0.15, 0.2) is 28.8 Å². The van der Waals surface area contributed by atoms with E-state index >= 15 is 4.79 Å². The Hall–Kier alpha value is -5.85. The molecule has 4 aromatic rings. The van der Waals surface area contributed by atoms with Crippen molar-refractivity contribution in [3.8, 4) is 23.0 Å². The Balaban J connectivity index is 1.19. The number of rotatable bonds is 7. The Labute approximate surface area is 329 Å². The summed E-state index contributed by atoms with van der Waals surface area (Å²) in [5.41, 5.74) is 1.46. The van der Waals surface area contributed by atoms with Gasteiger partial charge in [-0.3, -0.25) is 24.2 Å². The Morgan fingerprint density at radius 2 is 1.16 bits per heavy atom. The highest BCUT2D eigenvalue weighted by atomic mass is 16.5. The number of nitrogens with one attached hydrogen (secondary N) is 2. The molecule has 4 fully saturated rings. The minimum Gasteiger partial charge on any atom is -0.512 e. The molecule has 2 amide bonds. The van der Waals surface area contributed by atoms with Crippen molar-refractivity contribution in [1.82, 2.24) is 9.80 Å². The molecule has 0 aliphatic carbocycles. The van der Waals surface area contributed by atoms with E-state index in [0.717, 1.165) is 42.4 Å². The van der Waals surface area contributed by atoms with E-state index in [9.17, 15) is 24.9 Å². The summed E-state index contributed by atoms with van der Waals surface area (Å²) in [4.78, 5) is 49.4. The minimum atomic E-state index is -1.39. The molecule has 8 atom stereocenters. The van der Waals surface area contributed by atoms with Crippen molar-refractivity contribution < 1.29 is 39.2 Å². The number of methoxy groups -OCH3 is 2. The second kappa shape index (κ2) is 12.8. The fraction of sp³-hybridized carbons (Fsp3) is 0.356.